The molecule has 0 saturated carbocycles. The Balaban J connectivity index is 1.57. The third-order valence-electron chi connectivity index (χ3n) is 5.50. The summed E-state index contributed by atoms with van der Waals surface area (Å²) in [5.41, 5.74) is 3.39. The molecule has 0 spiro atoms. The highest BCUT2D eigenvalue weighted by Gasteiger charge is 2.26. The number of aromatic amines is 1. The maximum Gasteiger partial charge on any atom is 0.272 e. The van der Waals surface area contributed by atoms with Crippen molar-refractivity contribution < 1.29 is 19.1 Å². The number of aromatic nitrogens is 1. The number of carbonyl (C=O) groups is 2. The molecule has 0 bridgehead atoms. The van der Waals surface area contributed by atoms with E-state index < -0.39 is 0 Å². The highest BCUT2D eigenvalue weighted by Crippen LogP contribution is 2.33. The molecule has 1 fully saturated rings. The van der Waals surface area contributed by atoms with Gasteiger partial charge in [0.1, 0.15) is 11.4 Å². The number of Topliss-reactive ketones (excluding diaryl/α,β-unsaturated/α-hetero) is 1. The predicted octanol–water partition coefficient (Wildman–Crippen LogP) is 3.83. The van der Waals surface area contributed by atoms with Gasteiger partial charge in [0.2, 0.25) is 0 Å². The molecule has 7 nitrogen and oxygen atoms in total. The van der Waals surface area contributed by atoms with E-state index in [0.29, 0.717) is 29.1 Å². The molecule has 1 aromatic carbocycles. The quantitative estimate of drug-likeness (QED) is 0.555. The van der Waals surface area contributed by atoms with Crippen molar-refractivity contribution in [1.82, 2.24) is 9.29 Å². The standard InChI is InChI=1S/C22H27N3O4S/c1-14-20-16(5-3-4-6-18(20)26)21(23-14)22(27)24-17-13-15(7-8-19(17)28-2)30-25-9-11-29-12-10-25/h7-8,13,23H,3-6,9-12H2,1-2H3,(H,24,27). The molecular formula is C22H27N3O4S. The number of ether oxygens (including phenoxy) is 2. The Morgan fingerprint density at radius 2 is 2.00 bits per heavy atom. The molecule has 1 aliphatic heterocycles. The molecular weight excluding hydrogens is 402 g/mol. The summed E-state index contributed by atoms with van der Waals surface area (Å²) in [4.78, 5) is 29.8. The van der Waals surface area contributed by atoms with E-state index in [2.05, 4.69) is 14.6 Å². The fourth-order valence-electron chi connectivity index (χ4n) is 4.02. The number of carbonyl (C=O) groups excluding carboxylic acids is 2. The first kappa shape index (κ1) is 21.0. The molecule has 30 heavy (non-hydrogen) atoms. The van der Waals surface area contributed by atoms with Crippen LogP contribution < -0.4 is 10.1 Å². The monoisotopic (exact) mass is 429 g/mol. The fourth-order valence-corrected chi connectivity index (χ4v) is 4.95. The Bertz CT molecular complexity index is 950. The maximum absolute atomic E-state index is 13.1. The summed E-state index contributed by atoms with van der Waals surface area (Å²) in [6.45, 7) is 5.03. The van der Waals surface area contributed by atoms with Crippen molar-refractivity contribution in [2.75, 3.05) is 38.7 Å². The maximum atomic E-state index is 13.1. The van der Waals surface area contributed by atoms with Gasteiger partial charge in [-0.3, -0.25) is 9.59 Å². The summed E-state index contributed by atoms with van der Waals surface area (Å²) in [5.74, 6) is 0.470. The fraction of sp³-hybridized carbons (Fsp3) is 0.455. The van der Waals surface area contributed by atoms with Crippen LogP contribution in [0.2, 0.25) is 0 Å². The molecule has 1 aromatic heterocycles. The van der Waals surface area contributed by atoms with Crippen LogP contribution in [0.5, 0.6) is 5.75 Å². The van der Waals surface area contributed by atoms with E-state index in [-0.39, 0.29) is 11.7 Å². The summed E-state index contributed by atoms with van der Waals surface area (Å²) in [7, 11) is 1.59. The third-order valence-corrected chi connectivity index (χ3v) is 6.59. The number of amides is 1. The number of hydrogen-bond acceptors (Lipinski definition) is 6. The lowest BCUT2D eigenvalue weighted by Gasteiger charge is -2.25. The lowest BCUT2D eigenvalue weighted by atomic mass is 10.0. The van der Waals surface area contributed by atoms with Gasteiger partial charge in [0, 0.05) is 35.7 Å². The second-order valence-corrected chi connectivity index (χ2v) is 8.73. The zero-order valence-electron chi connectivity index (χ0n) is 17.4. The molecule has 8 heteroatoms. The minimum absolute atomic E-state index is 0.122. The minimum atomic E-state index is -0.249. The van der Waals surface area contributed by atoms with Crippen molar-refractivity contribution >= 4 is 29.3 Å². The first-order chi connectivity index (χ1) is 14.6. The molecule has 1 amide bonds. The van der Waals surface area contributed by atoms with Crippen molar-refractivity contribution in [1.29, 1.82) is 0 Å². The van der Waals surface area contributed by atoms with Crippen LogP contribution in [-0.4, -0.2) is 54.4 Å². The second-order valence-electron chi connectivity index (χ2n) is 7.56. The van der Waals surface area contributed by atoms with Crippen LogP contribution in [0.15, 0.2) is 23.1 Å². The van der Waals surface area contributed by atoms with E-state index >= 15 is 0 Å². The Kier molecular flexibility index (Phi) is 6.46. The first-order valence-corrected chi connectivity index (χ1v) is 11.1. The first-order valence-electron chi connectivity index (χ1n) is 10.3. The molecule has 0 atom stereocenters. The van der Waals surface area contributed by atoms with Crippen molar-refractivity contribution in [3.05, 3.63) is 40.7 Å². The van der Waals surface area contributed by atoms with Crippen LogP contribution >= 0.6 is 11.9 Å². The van der Waals surface area contributed by atoms with E-state index in [4.69, 9.17) is 9.47 Å². The highest BCUT2D eigenvalue weighted by atomic mass is 32.2. The van der Waals surface area contributed by atoms with Gasteiger partial charge in [-0.1, -0.05) is 0 Å². The van der Waals surface area contributed by atoms with E-state index in [9.17, 15) is 9.59 Å². The van der Waals surface area contributed by atoms with Crippen LogP contribution in [0.1, 0.15) is 51.4 Å². The second kappa shape index (κ2) is 9.24. The van der Waals surface area contributed by atoms with Crippen molar-refractivity contribution in [2.24, 2.45) is 0 Å². The average Bonchev–Trinajstić information content (AvgIpc) is 2.95. The smallest absolute Gasteiger partial charge is 0.272 e. The number of fused-ring (bicyclic) bond motifs is 1. The predicted molar refractivity (Wildman–Crippen MR) is 117 cm³/mol. The lowest BCUT2D eigenvalue weighted by Crippen LogP contribution is -2.30. The number of morpholine rings is 1. The van der Waals surface area contributed by atoms with Crippen molar-refractivity contribution in [2.45, 2.75) is 37.5 Å². The summed E-state index contributed by atoms with van der Waals surface area (Å²) in [6.07, 6.45) is 3.05. The van der Waals surface area contributed by atoms with Crippen molar-refractivity contribution in [3.63, 3.8) is 0 Å². The van der Waals surface area contributed by atoms with E-state index in [1.54, 1.807) is 19.1 Å². The van der Waals surface area contributed by atoms with Crippen LogP contribution in [-0.2, 0) is 11.2 Å². The minimum Gasteiger partial charge on any atom is -0.495 e. The van der Waals surface area contributed by atoms with Gasteiger partial charge in [-0.15, -0.1) is 0 Å². The Hall–Kier alpha value is -2.29. The zero-order chi connectivity index (χ0) is 21.1. The number of H-pyrrole nitrogens is 1. The number of methoxy groups -OCH3 is 1. The molecule has 2 heterocycles. The van der Waals surface area contributed by atoms with E-state index in [0.717, 1.165) is 61.7 Å². The van der Waals surface area contributed by atoms with Gasteiger partial charge < -0.3 is 19.8 Å². The number of anilines is 1. The van der Waals surface area contributed by atoms with Gasteiger partial charge in [0.15, 0.2) is 5.78 Å². The number of aryl methyl sites for hydroxylation is 1. The number of hydrogen-bond donors (Lipinski definition) is 2. The van der Waals surface area contributed by atoms with Crippen LogP contribution in [0.4, 0.5) is 5.69 Å². The molecule has 2 aromatic rings. The highest BCUT2D eigenvalue weighted by molar-refractivity contribution is 7.97. The molecule has 4 rings (SSSR count). The van der Waals surface area contributed by atoms with Gasteiger partial charge in [-0.25, -0.2) is 4.31 Å². The molecule has 2 aliphatic rings. The number of benzene rings is 1. The average molecular weight is 430 g/mol. The summed E-state index contributed by atoms with van der Waals surface area (Å²) in [6, 6.07) is 5.77. The zero-order valence-corrected chi connectivity index (χ0v) is 18.2. The molecule has 0 unspecified atom stereocenters. The number of nitrogens with zero attached hydrogens (tertiary/aromatic N) is 1. The van der Waals surface area contributed by atoms with Gasteiger partial charge in [0.05, 0.1) is 26.0 Å². The summed E-state index contributed by atoms with van der Waals surface area (Å²) >= 11 is 1.64. The SMILES string of the molecule is COc1ccc(SN2CCOCC2)cc1NC(=O)c1[nH]c(C)c2c1CCCCC2=O. The largest absolute Gasteiger partial charge is 0.495 e. The van der Waals surface area contributed by atoms with Gasteiger partial charge in [0.25, 0.3) is 5.91 Å². The van der Waals surface area contributed by atoms with E-state index in [1.165, 1.54) is 0 Å². The summed E-state index contributed by atoms with van der Waals surface area (Å²) < 4.78 is 13.1. The number of rotatable bonds is 5. The van der Waals surface area contributed by atoms with Crippen LogP contribution in [0.25, 0.3) is 0 Å². The molecule has 0 radical (unpaired) electrons. The molecule has 160 valence electrons. The Labute approximate surface area is 180 Å². The summed E-state index contributed by atoms with van der Waals surface area (Å²) in [5, 5.41) is 2.99. The number of nitrogens with one attached hydrogen (secondary N) is 2. The number of ketones is 1. The van der Waals surface area contributed by atoms with Crippen LogP contribution in [0, 0.1) is 6.92 Å². The van der Waals surface area contributed by atoms with Gasteiger partial charge in [-0.05, 0) is 61.9 Å². The van der Waals surface area contributed by atoms with Gasteiger partial charge >= 0.3 is 0 Å². The molecule has 1 aliphatic carbocycles. The Morgan fingerprint density at radius 1 is 1.23 bits per heavy atom. The molecule has 2 N–H and O–H groups in total. The van der Waals surface area contributed by atoms with E-state index in [1.807, 2.05) is 25.1 Å². The third kappa shape index (κ3) is 4.40. The lowest BCUT2D eigenvalue weighted by molar-refractivity contribution is 0.0773. The molecule has 1 saturated heterocycles. The topological polar surface area (TPSA) is 83.7 Å². The van der Waals surface area contributed by atoms with Crippen LogP contribution in [0.3, 0.4) is 0 Å². The normalized spacial score (nSPS) is 17.3. The van der Waals surface area contributed by atoms with Crippen molar-refractivity contribution in [3.8, 4) is 5.75 Å². The Morgan fingerprint density at radius 3 is 2.77 bits per heavy atom. The van der Waals surface area contributed by atoms with Gasteiger partial charge in [-0.2, -0.15) is 0 Å².